The minimum Gasteiger partial charge on any atom is -0.268 e. The van der Waals surface area contributed by atoms with E-state index in [0.29, 0.717) is 12.1 Å². The van der Waals surface area contributed by atoms with Gasteiger partial charge in [-0.25, -0.2) is 5.43 Å². The molecule has 0 bridgehead atoms. The van der Waals surface area contributed by atoms with Crippen molar-refractivity contribution in [3.8, 4) is 0 Å². The van der Waals surface area contributed by atoms with Gasteiger partial charge in [0.05, 0.1) is 17.7 Å². The van der Waals surface area contributed by atoms with Gasteiger partial charge in [-0.15, -0.1) is 0 Å². The van der Waals surface area contributed by atoms with Crippen molar-refractivity contribution in [1.82, 2.24) is 15.2 Å². The molecule has 136 valence electrons. The molecular formula is C18H14BrN5O3. The zero-order valence-corrected chi connectivity index (χ0v) is 15.5. The summed E-state index contributed by atoms with van der Waals surface area (Å²) in [6.45, 7) is 0.539. The molecule has 0 aliphatic rings. The van der Waals surface area contributed by atoms with E-state index in [1.807, 2.05) is 24.3 Å². The first-order valence-electron chi connectivity index (χ1n) is 7.87. The number of nitro groups is 1. The highest BCUT2D eigenvalue weighted by atomic mass is 79.9. The molecule has 3 rings (SSSR count). The van der Waals surface area contributed by atoms with Crippen LogP contribution in [0.2, 0.25) is 0 Å². The summed E-state index contributed by atoms with van der Waals surface area (Å²) in [6.07, 6.45) is 3.05. The number of nitro benzene ring substituents is 1. The topological polar surface area (TPSA) is 102 Å². The van der Waals surface area contributed by atoms with Crippen molar-refractivity contribution in [3.63, 3.8) is 0 Å². The summed E-state index contributed by atoms with van der Waals surface area (Å²) in [6, 6.07) is 15.3. The molecule has 0 spiro atoms. The van der Waals surface area contributed by atoms with E-state index in [1.165, 1.54) is 18.3 Å². The Morgan fingerprint density at radius 1 is 1.26 bits per heavy atom. The van der Waals surface area contributed by atoms with E-state index >= 15 is 0 Å². The smallest absolute Gasteiger partial charge is 0.268 e. The third-order valence-corrected chi connectivity index (χ3v) is 4.12. The summed E-state index contributed by atoms with van der Waals surface area (Å²) >= 11 is 3.38. The minimum absolute atomic E-state index is 0.0445. The Morgan fingerprint density at radius 3 is 2.78 bits per heavy atom. The highest BCUT2D eigenvalue weighted by Gasteiger charge is 2.09. The number of carbonyl (C=O) groups excluding carboxylic acids is 1. The molecule has 1 N–H and O–H groups in total. The Balaban J connectivity index is 1.60. The number of hydrogen-bond acceptors (Lipinski definition) is 5. The molecule has 8 nitrogen and oxygen atoms in total. The second-order valence-corrected chi connectivity index (χ2v) is 6.49. The average molecular weight is 428 g/mol. The summed E-state index contributed by atoms with van der Waals surface area (Å²) in [5, 5.41) is 18.8. The molecule has 0 aliphatic heterocycles. The largest absolute Gasteiger partial charge is 0.291 e. The van der Waals surface area contributed by atoms with Gasteiger partial charge >= 0.3 is 0 Å². The number of aromatic nitrogens is 2. The number of halogens is 1. The van der Waals surface area contributed by atoms with Crippen molar-refractivity contribution in [2.24, 2.45) is 5.10 Å². The lowest BCUT2D eigenvalue weighted by molar-refractivity contribution is -0.384. The van der Waals surface area contributed by atoms with E-state index in [0.717, 1.165) is 10.0 Å². The van der Waals surface area contributed by atoms with Crippen molar-refractivity contribution < 1.29 is 9.72 Å². The quantitative estimate of drug-likeness (QED) is 0.370. The van der Waals surface area contributed by atoms with Gasteiger partial charge in [-0.3, -0.25) is 19.6 Å². The zero-order valence-electron chi connectivity index (χ0n) is 13.9. The SMILES string of the molecule is O=C(NN=Cc1cccc([N+](=O)[O-])c1)c1ccn(Cc2ccc(Br)cc2)n1. The molecule has 9 heteroatoms. The van der Waals surface area contributed by atoms with Crippen molar-refractivity contribution in [2.75, 3.05) is 0 Å². The number of rotatable bonds is 6. The lowest BCUT2D eigenvalue weighted by Gasteiger charge is -2.02. The molecule has 27 heavy (non-hydrogen) atoms. The van der Waals surface area contributed by atoms with E-state index < -0.39 is 10.8 Å². The second-order valence-electron chi connectivity index (χ2n) is 5.58. The number of hydrogen-bond donors (Lipinski definition) is 1. The number of benzene rings is 2. The van der Waals surface area contributed by atoms with Crippen molar-refractivity contribution in [1.29, 1.82) is 0 Å². The molecule has 1 aromatic heterocycles. The Hall–Kier alpha value is -3.33. The van der Waals surface area contributed by atoms with Crippen LogP contribution < -0.4 is 5.43 Å². The van der Waals surface area contributed by atoms with Crippen LogP contribution in [0, 0.1) is 10.1 Å². The number of non-ortho nitro benzene ring substituents is 1. The maximum Gasteiger partial charge on any atom is 0.291 e. The van der Waals surface area contributed by atoms with Gasteiger partial charge in [0.1, 0.15) is 0 Å². The zero-order chi connectivity index (χ0) is 19.2. The Labute approximate surface area is 162 Å². The van der Waals surface area contributed by atoms with E-state index in [1.54, 1.807) is 29.1 Å². The molecule has 0 saturated heterocycles. The van der Waals surface area contributed by atoms with Crippen LogP contribution in [0.25, 0.3) is 0 Å². The van der Waals surface area contributed by atoms with Crippen LogP contribution in [-0.2, 0) is 6.54 Å². The molecule has 0 aliphatic carbocycles. The number of hydrazone groups is 1. The predicted molar refractivity (Wildman–Crippen MR) is 104 cm³/mol. The van der Waals surface area contributed by atoms with Crippen LogP contribution >= 0.6 is 15.9 Å². The van der Waals surface area contributed by atoms with Gasteiger partial charge in [-0.1, -0.05) is 40.2 Å². The average Bonchev–Trinajstić information content (AvgIpc) is 3.12. The van der Waals surface area contributed by atoms with Gasteiger partial charge in [0.15, 0.2) is 5.69 Å². The fourth-order valence-electron chi connectivity index (χ4n) is 2.29. The molecule has 2 aromatic carbocycles. The van der Waals surface area contributed by atoms with Gasteiger partial charge in [-0.05, 0) is 23.8 Å². The second kappa shape index (κ2) is 8.37. The van der Waals surface area contributed by atoms with E-state index in [-0.39, 0.29) is 11.4 Å². The van der Waals surface area contributed by atoms with E-state index in [2.05, 4.69) is 31.6 Å². The van der Waals surface area contributed by atoms with Gasteiger partial charge in [0.2, 0.25) is 0 Å². The molecule has 0 saturated carbocycles. The van der Waals surface area contributed by atoms with Crippen molar-refractivity contribution >= 4 is 33.7 Å². The normalized spacial score (nSPS) is 10.9. The van der Waals surface area contributed by atoms with Crippen molar-refractivity contribution in [2.45, 2.75) is 6.54 Å². The van der Waals surface area contributed by atoms with Gasteiger partial charge in [0.25, 0.3) is 11.6 Å². The fourth-order valence-corrected chi connectivity index (χ4v) is 2.55. The number of carbonyl (C=O) groups is 1. The molecule has 0 radical (unpaired) electrons. The third-order valence-electron chi connectivity index (χ3n) is 3.59. The molecule has 1 heterocycles. The molecule has 0 atom stereocenters. The van der Waals surface area contributed by atoms with Crippen LogP contribution in [0.5, 0.6) is 0 Å². The molecule has 1 amide bonds. The first-order chi connectivity index (χ1) is 13.0. The first kappa shape index (κ1) is 18.5. The Bertz CT molecular complexity index is 998. The fraction of sp³-hybridized carbons (Fsp3) is 0.0556. The van der Waals surface area contributed by atoms with Crippen LogP contribution in [0.4, 0.5) is 5.69 Å². The number of nitrogens with zero attached hydrogens (tertiary/aromatic N) is 4. The van der Waals surface area contributed by atoms with Crippen molar-refractivity contribution in [3.05, 3.63) is 92.2 Å². The van der Waals surface area contributed by atoms with E-state index in [9.17, 15) is 14.9 Å². The Kier molecular flexibility index (Phi) is 5.72. The summed E-state index contributed by atoms with van der Waals surface area (Å²) in [4.78, 5) is 22.4. The van der Waals surface area contributed by atoms with Gasteiger partial charge < -0.3 is 0 Å². The monoisotopic (exact) mass is 427 g/mol. The van der Waals surface area contributed by atoms with Gasteiger partial charge in [-0.2, -0.15) is 10.2 Å². The van der Waals surface area contributed by atoms with Crippen LogP contribution in [0.3, 0.4) is 0 Å². The predicted octanol–water partition coefficient (Wildman–Crippen LogP) is 3.37. The molecule has 3 aromatic rings. The maximum atomic E-state index is 12.1. The van der Waals surface area contributed by atoms with Crippen LogP contribution in [-0.4, -0.2) is 26.8 Å². The first-order valence-corrected chi connectivity index (χ1v) is 8.66. The van der Waals surface area contributed by atoms with Crippen LogP contribution in [0.1, 0.15) is 21.6 Å². The summed E-state index contributed by atoms with van der Waals surface area (Å²) in [5.74, 6) is -0.466. The summed E-state index contributed by atoms with van der Waals surface area (Å²) in [5.41, 5.74) is 4.10. The van der Waals surface area contributed by atoms with E-state index in [4.69, 9.17) is 0 Å². The maximum absolute atomic E-state index is 12.1. The number of nitrogens with one attached hydrogen (secondary N) is 1. The Morgan fingerprint density at radius 2 is 2.04 bits per heavy atom. The minimum atomic E-state index is -0.492. The lowest BCUT2D eigenvalue weighted by Crippen LogP contribution is -2.18. The molecule has 0 unspecified atom stereocenters. The van der Waals surface area contributed by atoms with Crippen LogP contribution in [0.15, 0.2) is 70.4 Å². The van der Waals surface area contributed by atoms with Gasteiger partial charge in [0, 0.05) is 28.4 Å². The standard InChI is InChI=1S/C18H14BrN5O3/c19-15-6-4-13(5-7-15)12-23-9-8-17(22-23)18(25)21-20-11-14-2-1-3-16(10-14)24(26)27/h1-11H,12H2,(H,21,25). The summed E-state index contributed by atoms with van der Waals surface area (Å²) < 4.78 is 2.65. The third kappa shape index (κ3) is 5.08. The highest BCUT2D eigenvalue weighted by Crippen LogP contribution is 2.12. The lowest BCUT2D eigenvalue weighted by atomic mass is 10.2. The number of amides is 1. The highest BCUT2D eigenvalue weighted by molar-refractivity contribution is 9.10. The molecule has 0 fully saturated rings. The molecular weight excluding hydrogens is 414 g/mol. The summed E-state index contributed by atoms with van der Waals surface area (Å²) in [7, 11) is 0.